The Bertz CT molecular complexity index is 439. The van der Waals surface area contributed by atoms with Gasteiger partial charge >= 0.3 is 5.97 Å². The van der Waals surface area contributed by atoms with Crippen molar-refractivity contribution < 1.29 is 9.90 Å². The predicted octanol–water partition coefficient (Wildman–Crippen LogP) is 4.03. The maximum absolute atomic E-state index is 10.9. The summed E-state index contributed by atoms with van der Waals surface area (Å²) in [6, 6.07) is 5.52. The molecular formula is C14H18ClNO2. The van der Waals surface area contributed by atoms with Gasteiger partial charge in [0.2, 0.25) is 0 Å². The molecule has 1 saturated carbocycles. The highest BCUT2D eigenvalue weighted by molar-refractivity contribution is 6.33. The highest BCUT2D eigenvalue weighted by Crippen LogP contribution is 2.27. The van der Waals surface area contributed by atoms with Crippen LogP contribution in [0.5, 0.6) is 0 Å². The number of carboxylic acid groups (broad SMARTS) is 1. The summed E-state index contributed by atoms with van der Waals surface area (Å²) in [5.41, 5.74) is 1.06. The van der Waals surface area contributed by atoms with Crippen molar-refractivity contribution in [3.8, 4) is 0 Å². The molecule has 0 radical (unpaired) electrons. The van der Waals surface area contributed by atoms with Crippen molar-refractivity contribution in [2.24, 2.45) is 5.92 Å². The van der Waals surface area contributed by atoms with E-state index in [9.17, 15) is 4.79 Å². The van der Waals surface area contributed by atoms with Crippen LogP contribution in [0.1, 0.15) is 43.0 Å². The monoisotopic (exact) mass is 267 g/mol. The molecule has 1 fully saturated rings. The van der Waals surface area contributed by atoms with Crippen molar-refractivity contribution in [1.29, 1.82) is 0 Å². The summed E-state index contributed by atoms with van der Waals surface area (Å²) >= 11 is 5.94. The van der Waals surface area contributed by atoms with Crippen LogP contribution in [0.2, 0.25) is 5.02 Å². The molecule has 0 atom stereocenters. The molecule has 0 saturated heterocycles. The average Bonchev–Trinajstić information content (AvgIpc) is 2.32. The smallest absolute Gasteiger partial charge is 0.337 e. The van der Waals surface area contributed by atoms with Gasteiger partial charge in [0.15, 0.2) is 0 Å². The number of anilines is 1. The minimum Gasteiger partial charge on any atom is -0.478 e. The molecule has 98 valence electrons. The number of halogens is 1. The lowest BCUT2D eigenvalue weighted by atomic mass is 9.87. The summed E-state index contributed by atoms with van der Waals surface area (Å²) < 4.78 is 0. The lowest BCUT2D eigenvalue weighted by Crippen LogP contribution is -2.25. The Morgan fingerprint density at radius 1 is 1.33 bits per heavy atom. The van der Waals surface area contributed by atoms with Crippen molar-refractivity contribution in [3.05, 3.63) is 28.8 Å². The Labute approximate surface area is 112 Å². The molecule has 0 bridgehead atoms. The molecule has 0 spiro atoms. The summed E-state index contributed by atoms with van der Waals surface area (Å²) in [5, 5.41) is 12.6. The first kappa shape index (κ1) is 13.2. The second-order valence-corrected chi connectivity index (χ2v) is 5.51. The first-order valence-corrected chi connectivity index (χ1v) is 6.73. The van der Waals surface area contributed by atoms with E-state index in [0.29, 0.717) is 6.04 Å². The zero-order valence-electron chi connectivity index (χ0n) is 10.4. The Hall–Kier alpha value is -1.22. The highest BCUT2D eigenvalue weighted by Gasteiger charge is 2.18. The normalized spacial score (nSPS) is 23.7. The number of nitrogens with one attached hydrogen (secondary N) is 1. The first-order valence-electron chi connectivity index (χ1n) is 6.35. The number of hydrogen-bond donors (Lipinski definition) is 2. The fourth-order valence-corrected chi connectivity index (χ4v) is 2.68. The van der Waals surface area contributed by atoms with Gasteiger partial charge < -0.3 is 10.4 Å². The molecule has 1 aliphatic carbocycles. The van der Waals surface area contributed by atoms with Gasteiger partial charge in [-0.05, 0) is 49.8 Å². The van der Waals surface area contributed by atoms with Crippen LogP contribution in [0.4, 0.5) is 5.69 Å². The zero-order chi connectivity index (χ0) is 13.1. The molecule has 2 rings (SSSR count). The van der Waals surface area contributed by atoms with Crippen LogP contribution in [0.3, 0.4) is 0 Å². The van der Waals surface area contributed by atoms with Gasteiger partial charge in [-0.3, -0.25) is 0 Å². The number of rotatable bonds is 3. The lowest BCUT2D eigenvalue weighted by Gasteiger charge is -2.27. The van der Waals surface area contributed by atoms with Crippen molar-refractivity contribution in [2.75, 3.05) is 5.32 Å². The Morgan fingerprint density at radius 3 is 2.56 bits per heavy atom. The molecule has 4 heteroatoms. The molecular weight excluding hydrogens is 250 g/mol. The van der Waals surface area contributed by atoms with Gasteiger partial charge in [0.1, 0.15) is 0 Å². The summed E-state index contributed by atoms with van der Waals surface area (Å²) in [5.74, 6) is -0.168. The van der Waals surface area contributed by atoms with E-state index in [2.05, 4.69) is 12.2 Å². The van der Waals surface area contributed by atoms with Crippen LogP contribution in [-0.4, -0.2) is 17.1 Å². The number of hydrogen-bond acceptors (Lipinski definition) is 2. The zero-order valence-corrected chi connectivity index (χ0v) is 11.2. The van der Waals surface area contributed by atoms with E-state index < -0.39 is 5.97 Å². The molecule has 0 unspecified atom stereocenters. The molecule has 0 aromatic heterocycles. The molecule has 0 heterocycles. The van der Waals surface area contributed by atoms with Crippen molar-refractivity contribution in [2.45, 2.75) is 38.6 Å². The molecule has 1 aromatic rings. The number of benzene rings is 1. The second kappa shape index (κ2) is 5.61. The third-order valence-corrected chi connectivity index (χ3v) is 3.90. The van der Waals surface area contributed by atoms with E-state index in [-0.39, 0.29) is 10.6 Å². The van der Waals surface area contributed by atoms with E-state index in [1.807, 2.05) is 0 Å². The molecule has 0 aliphatic heterocycles. The summed E-state index contributed by atoms with van der Waals surface area (Å²) in [7, 11) is 0. The van der Waals surface area contributed by atoms with Crippen LogP contribution >= 0.6 is 11.6 Å². The second-order valence-electron chi connectivity index (χ2n) is 5.10. The van der Waals surface area contributed by atoms with Crippen LogP contribution in [-0.2, 0) is 0 Å². The van der Waals surface area contributed by atoms with Crippen molar-refractivity contribution in [3.63, 3.8) is 0 Å². The topological polar surface area (TPSA) is 49.3 Å². The van der Waals surface area contributed by atoms with Gasteiger partial charge in [0.05, 0.1) is 10.6 Å². The standard InChI is InChI=1S/C14H18ClNO2/c1-9-2-4-10(5-3-9)16-11-6-7-12(14(17)18)13(15)8-11/h6-10,16H,2-5H2,1H3,(H,17,18). The third kappa shape index (κ3) is 3.16. The summed E-state index contributed by atoms with van der Waals surface area (Å²) in [6.45, 7) is 2.29. The van der Waals surface area contributed by atoms with E-state index in [1.165, 1.54) is 25.7 Å². The molecule has 1 aromatic carbocycles. The van der Waals surface area contributed by atoms with Gasteiger partial charge in [0, 0.05) is 11.7 Å². The molecule has 18 heavy (non-hydrogen) atoms. The van der Waals surface area contributed by atoms with Crippen LogP contribution in [0.25, 0.3) is 0 Å². The van der Waals surface area contributed by atoms with Gasteiger partial charge in [-0.25, -0.2) is 4.79 Å². The number of carboxylic acids is 1. The maximum Gasteiger partial charge on any atom is 0.337 e. The summed E-state index contributed by atoms with van der Waals surface area (Å²) in [6.07, 6.45) is 4.83. The minimum atomic E-state index is -0.988. The number of carbonyl (C=O) groups is 1. The molecule has 0 amide bonds. The quantitative estimate of drug-likeness (QED) is 0.869. The van der Waals surface area contributed by atoms with Gasteiger partial charge in [-0.1, -0.05) is 18.5 Å². The van der Waals surface area contributed by atoms with Crippen LogP contribution in [0.15, 0.2) is 18.2 Å². The largest absolute Gasteiger partial charge is 0.478 e. The van der Waals surface area contributed by atoms with E-state index >= 15 is 0 Å². The Morgan fingerprint density at radius 2 is 2.00 bits per heavy atom. The van der Waals surface area contributed by atoms with E-state index in [1.54, 1.807) is 18.2 Å². The Balaban J connectivity index is 2.02. The SMILES string of the molecule is CC1CCC(Nc2ccc(C(=O)O)c(Cl)c2)CC1. The predicted molar refractivity (Wildman–Crippen MR) is 73.5 cm³/mol. The molecule has 1 aliphatic rings. The fourth-order valence-electron chi connectivity index (χ4n) is 2.42. The highest BCUT2D eigenvalue weighted by atomic mass is 35.5. The first-order chi connectivity index (χ1) is 8.56. The number of aromatic carboxylic acids is 1. The third-order valence-electron chi connectivity index (χ3n) is 3.59. The van der Waals surface area contributed by atoms with Crippen LogP contribution < -0.4 is 5.32 Å². The van der Waals surface area contributed by atoms with Gasteiger partial charge in [-0.2, -0.15) is 0 Å². The summed E-state index contributed by atoms with van der Waals surface area (Å²) in [4.78, 5) is 10.9. The lowest BCUT2D eigenvalue weighted by molar-refractivity contribution is 0.0697. The van der Waals surface area contributed by atoms with Gasteiger partial charge in [0.25, 0.3) is 0 Å². The van der Waals surface area contributed by atoms with Crippen LogP contribution in [0, 0.1) is 5.92 Å². The van der Waals surface area contributed by atoms with Gasteiger partial charge in [-0.15, -0.1) is 0 Å². The van der Waals surface area contributed by atoms with Crippen molar-refractivity contribution in [1.82, 2.24) is 0 Å². The average molecular weight is 268 g/mol. The molecule has 2 N–H and O–H groups in total. The molecule has 3 nitrogen and oxygen atoms in total. The maximum atomic E-state index is 10.9. The Kier molecular flexibility index (Phi) is 4.12. The minimum absolute atomic E-state index is 0.152. The fraction of sp³-hybridized carbons (Fsp3) is 0.500. The van der Waals surface area contributed by atoms with Crippen molar-refractivity contribution >= 4 is 23.3 Å². The van der Waals surface area contributed by atoms with E-state index in [4.69, 9.17) is 16.7 Å². The van der Waals surface area contributed by atoms with E-state index in [0.717, 1.165) is 11.6 Å².